The minimum Gasteiger partial charge on any atom is -0.388 e. The van der Waals surface area contributed by atoms with Crippen LogP contribution in [0.1, 0.15) is 27.6 Å². The van der Waals surface area contributed by atoms with E-state index in [1.54, 1.807) is 24.9 Å². The van der Waals surface area contributed by atoms with Crippen molar-refractivity contribution in [2.24, 2.45) is 0 Å². The zero-order chi connectivity index (χ0) is 18.9. The predicted molar refractivity (Wildman–Crippen MR) is 102 cm³/mol. The third-order valence-corrected chi connectivity index (χ3v) is 4.07. The van der Waals surface area contributed by atoms with Gasteiger partial charge in [-0.15, -0.1) is 0 Å². The lowest BCUT2D eigenvalue weighted by Gasteiger charge is -2.10. The number of carbonyl (C=O) groups is 1. The van der Waals surface area contributed by atoms with Crippen molar-refractivity contribution in [2.45, 2.75) is 19.4 Å². The average molecular weight is 368 g/mol. The van der Waals surface area contributed by atoms with E-state index in [1.165, 1.54) is 0 Å². The summed E-state index contributed by atoms with van der Waals surface area (Å²) >= 11 is 0. The summed E-state index contributed by atoms with van der Waals surface area (Å²) in [5.41, 5.74) is 4.13. The van der Waals surface area contributed by atoms with Crippen LogP contribution in [0.2, 0.25) is 0 Å². The molecule has 0 atom stereocenters. The molecule has 3 heterocycles. The molecule has 0 radical (unpaired) electrons. The molecule has 0 spiro atoms. The highest BCUT2D eigenvalue weighted by Crippen LogP contribution is 2.11. The van der Waals surface area contributed by atoms with Gasteiger partial charge in [0.05, 0.1) is 18.3 Å². The first-order chi connectivity index (χ1) is 13.2. The van der Waals surface area contributed by atoms with Gasteiger partial charge >= 0.3 is 0 Å². The van der Waals surface area contributed by atoms with Gasteiger partial charge in [-0.2, -0.15) is 0 Å². The molecular weight excluding hydrogens is 344 g/mol. The van der Waals surface area contributed by atoms with Gasteiger partial charge in [0, 0.05) is 69.0 Å². The minimum atomic E-state index is -0.190. The van der Waals surface area contributed by atoms with Crippen molar-refractivity contribution in [1.29, 1.82) is 0 Å². The summed E-state index contributed by atoms with van der Waals surface area (Å²) < 4.78 is 0. The van der Waals surface area contributed by atoms with Crippen LogP contribution in [-0.4, -0.2) is 51.0 Å². The molecule has 0 bridgehead atoms. The predicted octanol–water partition coefficient (Wildman–Crippen LogP) is 0.874. The molecule has 0 aliphatic heterocycles. The normalized spacial score (nSPS) is 10.7. The number of pyridine rings is 1. The summed E-state index contributed by atoms with van der Waals surface area (Å²) in [5.74, 6) is -0.190. The van der Waals surface area contributed by atoms with E-state index >= 15 is 0 Å². The smallest absolute Gasteiger partial charge is 0.269 e. The van der Waals surface area contributed by atoms with Gasteiger partial charge in [0.15, 0.2) is 0 Å². The summed E-state index contributed by atoms with van der Waals surface area (Å²) in [6.07, 6.45) is 8.41. The quantitative estimate of drug-likeness (QED) is 0.338. The fourth-order valence-corrected chi connectivity index (χ4v) is 2.62. The van der Waals surface area contributed by atoms with Crippen molar-refractivity contribution in [3.63, 3.8) is 0 Å². The van der Waals surface area contributed by atoms with E-state index in [0.717, 1.165) is 35.7 Å². The number of imidazole rings is 2. The molecule has 9 nitrogen and oxygen atoms in total. The number of hydrogen-bond donors (Lipinski definition) is 5. The Morgan fingerprint density at radius 1 is 1.04 bits per heavy atom. The fraction of sp³-hybridized carbons (Fsp3) is 0.333. The number of hydrogen-bond acceptors (Lipinski definition) is 6. The molecule has 27 heavy (non-hydrogen) atoms. The zero-order valence-electron chi connectivity index (χ0n) is 15.2. The zero-order valence-corrected chi connectivity index (χ0v) is 15.2. The molecule has 0 fully saturated rings. The van der Waals surface area contributed by atoms with Crippen LogP contribution >= 0.6 is 0 Å². The second-order valence-electron chi connectivity index (χ2n) is 6.07. The van der Waals surface area contributed by atoms with Crippen molar-refractivity contribution in [2.75, 3.05) is 25.5 Å². The summed E-state index contributed by atoms with van der Waals surface area (Å²) in [5, 5.41) is 9.31. The van der Waals surface area contributed by atoms with Crippen LogP contribution in [0.4, 0.5) is 5.69 Å². The van der Waals surface area contributed by atoms with E-state index in [4.69, 9.17) is 0 Å². The molecule has 1 amide bonds. The highest BCUT2D eigenvalue weighted by Gasteiger charge is 2.10. The molecule has 0 unspecified atom stereocenters. The fourth-order valence-electron chi connectivity index (χ4n) is 2.62. The summed E-state index contributed by atoms with van der Waals surface area (Å²) in [6, 6.07) is 3.68. The molecule has 3 rings (SSSR count). The van der Waals surface area contributed by atoms with E-state index in [9.17, 15) is 4.79 Å². The molecule has 0 aliphatic rings. The second kappa shape index (κ2) is 9.48. The first-order valence-corrected chi connectivity index (χ1v) is 8.86. The maximum Gasteiger partial charge on any atom is 0.269 e. The Labute approximate surface area is 157 Å². The van der Waals surface area contributed by atoms with Crippen LogP contribution in [0.3, 0.4) is 0 Å². The Kier molecular flexibility index (Phi) is 6.53. The average Bonchev–Trinajstić information content (AvgIpc) is 3.39. The number of anilines is 1. The number of amides is 1. The topological polar surface area (TPSA) is 123 Å². The van der Waals surface area contributed by atoms with E-state index < -0.39 is 0 Å². The number of aromatic nitrogens is 5. The number of nitrogens with one attached hydrogen (secondary N) is 5. The largest absolute Gasteiger partial charge is 0.388 e. The summed E-state index contributed by atoms with van der Waals surface area (Å²) in [7, 11) is 1.82. The van der Waals surface area contributed by atoms with Crippen LogP contribution in [0, 0.1) is 0 Å². The first-order valence-electron chi connectivity index (χ1n) is 8.86. The Morgan fingerprint density at radius 3 is 2.37 bits per heavy atom. The van der Waals surface area contributed by atoms with Gasteiger partial charge < -0.3 is 25.9 Å². The Balaban J connectivity index is 1.52. The van der Waals surface area contributed by atoms with E-state index in [2.05, 4.69) is 40.9 Å². The van der Waals surface area contributed by atoms with Crippen LogP contribution in [-0.2, 0) is 19.4 Å². The van der Waals surface area contributed by atoms with Crippen molar-refractivity contribution in [3.05, 3.63) is 60.0 Å². The number of H-pyrrole nitrogens is 2. The van der Waals surface area contributed by atoms with Gasteiger partial charge in [0.25, 0.3) is 5.91 Å². The Bertz CT molecular complexity index is 829. The molecule has 142 valence electrons. The summed E-state index contributed by atoms with van der Waals surface area (Å²) in [6.45, 7) is 1.89. The van der Waals surface area contributed by atoms with Crippen molar-refractivity contribution in [3.8, 4) is 0 Å². The van der Waals surface area contributed by atoms with Gasteiger partial charge in [0.2, 0.25) is 0 Å². The van der Waals surface area contributed by atoms with Gasteiger partial charge in [-0.3, -0.25) is 4.79 Å². The molecule has 3 aromatic heterocycles. The second-order valence-corrected chi connectivity index (χ2v) is 6.07. The van der Waals surface area contributed by atoms with E-state index in [0.29, 0.717) is 25.2 Å². The van der Waals surface area contributed by atoms with Crippen LogP contribution in [0.15, 0.2) is 37.2 Å². The third-order valence-electron chi connectivity index (χ3n) is 4.07. The van der Waals surface area contributed by atoms with Crippen molar-refractivity contribution < 1.29 is 4.79 Å². The molecule has 3 aromatic rings. The molecule has 0 saturated heterocycles. The van der Waals surface area contributed by atoms with Gasteiger partial charge in [0.1, 0.15) is 5.69 Å². The van der Waals surface area contributed by atoms with E-state index in [-0.39, 0.29) is 5.91 Å². The Hall–Kier alpha value is -3.20. The van der Waals surface area contributed by atoms with Crippen LogP contribution < -0.4 is 16.0 Å². The molecule has 0 aromatic carbocycles. The standard InChI is InChI=1S/C18H24N8O/c1-19-15-6-16(10-20-4-2-13-8-21-11-24-13)26-17(7-15)18(27)23-5-3-14-9-22-12-25-14/h6-9,11-12,20H,2-5,10H2,1H3,(H,19,26)(H,21,24)(H,22,25)(H,23,27). The third kappa shape index (κ3) is 5.65. The highest BCUT2D eigenvalue weighted by atomic mass is 16.1. The monoisotopic (exact) mass is 368 g/mol. The molecule has 0 aliphatic carbocycles. The van der Waals surface area contributed by atoms with Crippen LogP contribution in [0.25, 0.3) is 0 Å². The lowest BCUT2D eigenvalue weighted by Crippen LogP contribution is -2.27. The maximum atomic E-state index is 12.4. The molecule has 0 saturated carbocycles. The molecular formula is C18H24N8O. The first kappa shape index (κ1) is 18.6. The van der Waals surface area contributed by atoms with Crippen molar-refractivity contribution >= 4 is 11.6 Å². The lowest BCUT2D eigenvalue weighted by atomic mass is 10.2. The Morgan fingerprint density at radius 2 is 1.74 bits per heavy atom. The molecule has 9 heteroatoms. The highest BCUT2D eigenvalue weighted by molar-refractivity contribution is 5.93. The van der Waals surface area contributed by atoms with Gasteiger partial charge in [-0.1, -0.05) is 0 Å². The number of nitrogens with zero attached hydrogens (tertiary/aromatic N) is 3. The summed E-state index contributed by atoms with van der Waals surface area (Å²) in [4.78, 5) is 30.9. The maximum absolute atomic E-state index is 12.4. The minimum absolute atomic E-state index is 0.190. The number of aromatic amines is 2. The van der Waals surface area contributed by atoms with Gasteiger partial charge in [-0.05, 0) is 12.1 Å². The van der Waals surface area contributed by atoms with Gasteiger partial charge in [-0.25, -0.2) is 15.0 Å². The van der Waals surface area contributed by atoms with Crippen molar-refractivity contribution in [1.82, 2.24) is 35.6 Å². The van der Waals surface area contributed by atoms with E-state index in [1.807, 2.05) is 19.3 Å². The number of carbonyl (C=O) groups excluding carboxylic acids is 1. The molecule has 5 N–H and O–H groups in total. The van der Waals surface area contributed by atoms with Crippen LogP contribution in [0.5, 0.6) is 0 Å². The number of rotatable bonds is 10. The lowest BCUT2D eigenvalue weighted by molar-refractivity contribution is 0.0949. The SMILES string of the molecule is CNc1cc(CNCCc2cnc[nH]2)nc(C(=O)NCCc2cnc[nH]2)c1.